The number of phenolic OH excluding ortho intramolecular Hbond substituents is 1. The third-order valence-corrected chi connectivity index (χ3v) is 3.14. The maximum atomic E-state index is 11.2. The van der Waals surface area contributed by atoms with Crippen molar-refractivity contribution in [3.8, 4) is 17.1 Å². The Kier molecular flexibility index (Phi) is 3.53. The van der Waals surface area contributed by atoms with Gasteiger partial charge in [-0.05, 0) is 41.1 Å². The topological polar surface area (TPSA) is 101 Å². The second-order valence-corrected chi connectivity index (χ2v) is 4.65. The number of tetrazole rings is 1. The van der Waals surface area contributed by atoms with Crippen molar-refractivity contribution in [3.05, 3.63) is 59.7 Å². The van der Waals surface area contributed by atoms with E-state index in [-0.39, 0.29) is 17.9 Å². The molecule has 3 rings (SSSR count). The highest BCUT2D eigenvalue weighted by molar-refractivity contribution is 5.89. The highest BCUT2D eigenvalue weighted by Crippen LogP contribution is 2.17. The lowest BCUT2D eigenvalue weighted by molar-refractivity contribution is 0.0695. The van der Waals surface area contributed by atoms with E-state index in [1.54, 1.807) is 30.3 Å². The average molecular weight is 296 g/mol. The smallest absolute Gasteiger partial charge is 0.336 e. The summed E-state index contributed by atoms with van der Waals surface area (Å²) in [5.41, 5.74) is 1.53. The second-order valence-electron chi connectivity index (χ2n) is 4.65. The highest BCUT2D eigenvalue weighted by Gasteiger charge is 2.12. The third kappa shape index (κ3) is 2.78. The van der Waals surface area contributed by atoms with Crippen molar-refractivity contribution in [2.24, 2.45) is 0 Å². The van der Waals surface area contributed by atoms with E-state index in [9.17, 15) is 9.90 Å². The van der Waals surface area contributed by atoms with Gasteiger partial charge in [-0.25, -0.2) is 4.79 Å². The van der Waals surface area contributed by atoms with E-state index in [2.05, 4.69) is 15.4 Å². The summed E-state index contributed by atoms with van der Waals surface area (Å²) in [6, 6.07) is 13.1. The Morgan fingerprint density at radius 1 is 1.09 bits per heavy atom. The van der Waals surface area contributed by atoms with Crippen LogP contribution >= 0.6 is 0 Å². The van der Waals surface area contributed by atoms with Crippen LogP contribution in [0.4, 0.5) is 0 Å². The first-order chi connectivity index (χ1) is 10.6. The van der Waals surface area contributed by atoms with Crippen LogP contribution in [-0.4, -0.2) is 36.4 Å². The molecule has 7 heteroatoms. The molecule has 0 aliphatic rings. The van der Waals surface area contributed by atoms with E-state index in [4.69, 9.17) is 5.11 Å². The summed E-state index contributed by atoms with van der Waals surface area (Å²) in [5.74, 6) is -0.422. The number of hydrogen-bond acceptors (Lipinski definition) is 5. The van der Waals surface area contributed by atoms with Gasteiger partial charge in [0, 0.05) is 5.56 Å². The lowest BCUT2D eigenvalue weighted by atomic mass is 10.1. The van der Waals surface area contributed by atoms with Gasteiger partial charge in [-0.3, -0.25) is 0 Å². The van der Waals surface area contributed by atoms with Gasteiger partial charge < -0.3 is 10.2 Å². The minimum atomic E-state index is -0.991. The number of carboxylic acid groups (broad SMARTS) is 1. The van der Waals surface area contributed by atoms with Crippen molar-refractivity contribution in [2.75, 3.05) is 0 Å². The fourth-order valence-corrected chi connectivity index (χ4v) is 2.06. The van der Waals surface area contributed by atoms with Crippen molar-refractivity contribution in [1.29, 1.82) is 0 Å². The average Bonchev–Trinajstić information content (AvgIpc) is 2.97. The molecule has 0 saturated heterocycles. The molecule has 0 bridgehead atoms. The monoisotopic (exact) mass is 296 g/mol. The summed E-state index contributed by atoms with van der Waals surface area (Å²) in [6.45, 7) is 0.216. The predicted molar refractivity (Wildman–Crippen MR) is 77.4 cm³/mol. The molecule has 0 spiro atoms. The number of benzene rings is 2. The third-order valence-electron chi connectivity index (χ3n) is 3.14. The Bertz CT molecular complexity index is 812. The summed E-state index contributed by atoms with van der Waals surface area (Å²) in [6.07, 6.45) is 0. The number of aromatic hydroxyl groups is 1. The first kappa shape index (κ1) is 13.7. The molecule has 7 nitrogen and oxygen atoms in total. The molecule has 2 N–H and O–H groups in total. The molecule has 110 valence electrons. The van der Waals surface area contributed by atoms with Crippen molar-refractivity contribution in [3.63, 3.8) is 0 Å². The highest BCUT2D eigenvalue weighted by atomic mass is 16.4. The SMILES string of the molecule is O=C(O)c1ccccc1Cn1nnc(-c2ccc(O)cc2)n1. The summed E-state index contributed by atoms with van der Waals surface area (Å²) in [5, 5.41) is 30.5. The van der Waals surface area contributed by atoms with Gasteiger partial charge in [-0.2, -0.15) is 4.80 Å². The van der Waals surface area contributed by atoms with Gasteiger partial charge in [0.15, 0.2) is 0 Å². The van der Waals surface area contributed by atoms with Crippen LogP contribution in [-0.2, 0) is 6.54 Å². The van der Waals surface area contributed by atoms with Crippen LogP contribution in [0.15, 0.2) is 48.5 Å². The summed E-state index contributed by atoms with van der Waals surface area (Å²) in [4.78, 5) is 12.5. The number of phenols is 1. The van der Waals surface area contributed by atoms with Crippen LogP contribution in [0.2, 0.25) is 0 Å². The van der Waals surface area contributed by atoms with Gasteiger partial charge in [0.2, 0.25) is 5.82 Å². The predicted octanol–water partition coefficient (Wildman–Crippen LogP) is 1.79. The Hall–Kier alpha value is -3.22. The van der Waals surface area contributed by atoms with E-state index in [0.29, 0.717) is 11.4 Å². The molecule has 0 aliphatic carbocycles. The number of aromatic nitrogens is 4. The minimum Gasteiger partial charge on any atom is -0.508 e. The van der Waals surface area contributed by atoms with Crippen molar-refractivity contribution < 1.29 is 15.0 Å². The molecule has 3 aromatic rings. The summed E-state index contributed by atoms with van der Waals surface area (Å²) >= 11 is 0. The molecule has 0 atom stereocenters. The number of hydrogen-bond donors (Lipinski definition) is 2. The fourth-order valence-electron chi connectivity index (χ4n) is 2.06. The second kappa shape index (κ2) is 5.65. The first-order valence-electron chi connectivity index (χ1n) is 6.52. The standard InChI is InChI=1S/C15H12N4O3/c20-12-7-5-10(6-8-12)14-16-18-19(17-14)9-11-3-1-2-4-13(11)15(21)22/h1-8,20H,9H2,(H,21,22). The van der Waals surface area contributed by atoms with Crippen molar-refractivity contribution in [1.82, 2.24) is 20.2 Å². The maximum Gasteiger partial charge on any atom is 0.336 e. The normalized spacial score (nSPS) is 10.5. The van der Waals surface area contributed by atoms with Gasteiger partial charge >= 0.3 is 5.97 Å². The van der Waals surface area contributed by atoms with Gasteiger partial charge in [-0.1, -0.05) is 18.2 Å². The van der Waals surface area contributed by atoms with Crippen molar-refractivity contribution >= 4 is 5.97 Å². The van der Waals surface area contributed by atoms with Crippen LogP contribution < -0.4 is 0 Å². The lowest BCUT2D eigenvalue weighted by Gasteiger charge is -2.03. The van der Waals surface area contributed by atoms with Gasteiger partial charge in [0.1, 0.15) is 5.75 Å². The Labute approximate surface area is 125 Å². The number of carboxylic acids is 1. The minimum absolute atomic E-state index is 0.159. The summed E-state index contributed by atoms with van der Waals surface area (Å²) < 4.78 is 0. The van der Waals surface area contributed by atoms with Gasteiger partial charge in [-0.15, -0.1) is 10.2 Å². The molecular weight excluding hydrogens is 284 g/mol. The number of carbonyl (C=O) groups is 1. The number of rotatable bonds is 4. The van der Waals surface area contributed by atoms with Crippen LogP contribution in [0.5, 0.6) is 5.75 Å². The first-order valence-corrected chi connectivity index (χ1v) is 6.52. The molecule has 22 heavy (non-hydrogen) atoms. The fraction of sp³-hybridized carbons (Fsp3) is 0.0667. The Balaban J connectivity index is 1.86. The number of aromatic carboxylic acids is 1. The molecule has 1 heterocycles. The van der Waals surface area contributed by atoms with E-state index < -0.39 is 5.97 Å². The van der Waals surface area contributed by atoms with E-state index in [0.717, 1.165) is 5.56 Å². The van der Waals surface area contributed by atoms with Crippen molar-refractivity contribution in [2.45, 2.75) is 6.54 Å². The maximum absolute atomic E-state index is 11.2. The van der Waals surface area contributed by atoms with Crippen LogP contribution in [0.25, 0.3) is 11.4 Å². The van der Waals surface area contributed by atoms with E-state index in [1.165, 1.54) is 23.0 Å². The molecule has 1 aromatic heterocycles. The van der Waals surface area contributed by atoms with Crippen LogP contribution in [0.3, 0.4) is 0 Å². The molecule has 0 radical (unpaired) electrons. The zero-order chi connectivity index (χ0) is 15.5. The number of nitrogens with zero attached hydrogens (tertiary/aromatic N) is 4. The zero-order valence-electron chi connectivity index (χ0n) is 11.4. The quantitative estimate of drug-likeness (QED) is 0.761. The molecule has 0 aliphatic heterocycles. The molecule has 0 unspecified atom stereocenters. The lowest BCUT2D eigenvalue weighted by Crippen LogP contribution is -2.09. The van der Waals surface area contributed by atoms with Gasteiger partial charge in [0.05, 0.1) is 12.1 Å². The molecule has 0 saturated carbocycles. The molecule has 2 aromatic carbocycles. The molecule has 0 amide bonds. The van der Waals surface area contributed by atoms with Gasteiger partial charge in [0.25, 0.3) is 0 Å². The molecular formula is C15H12N4O3. The van der Waals surface area contributed by atoms with Crippen LogP contribution in [0, 0.1) is 0 Å². The van der Waals surface area contributed by atoms with Crippen LogP contribution in [0.1, 0.15) is 15.9 Å². The Morgan fingerprint density at radius 2 is 1.82 bits per heavy atom. The largest absolute Gasteiger partial charge is 0.508 e. The summed E-state index contributed by atoms with van der Waals surface area (Å²) in [7, 11) is 0. The van der Waals surface area contributed by atoms with E-state index in [1.807, 2.05) is 0 Å². The van der Waals surface area contributed by atoms with E-state index >= 15 is 0 Å². The molecule has 0 fully saturated rings. The Morgan fingerprint density at radius 3 is 2.55 bits per heavy atom. The zero-order valence-corrected chi connectivity index (χ0v) is 11.4.